The van der Waals surface area contributed by atoms with Gasteiger partial charge in [-0.15, -0.1) is 0 Å². The maximum absolute atomic E-state index is 12.5. The van der Waals surface area contributed by atoms with E-state index in [0.717, 1.165) is 11.4 Å². The number of ether oxygens (including phenoxy) is 1. The number of carbonyl (C=O) groups is 1. The van der Waals surface area contributed by atoms with Gasteiger partial charge >= 0.3 is 0 Å². The van der Waals surface area contributed by atoms with E-state index >= 15 is 0 Å². The van der Waals surface area contributed by atoms with Crippen LogP contribution in [0.3, 0.4) is 0 Å². The minimum absolute atomic E-state index is 0.0939. The van der Waals surface area contributed by atoms with Crippen LogP contribution in [0, 0.1) is 6.92 Å². The molecule has 0 radical (unpaired) electrons. The average Bonchev–Trinajstić information content (AvgIpc) is 3.17. The molecule has 1 aliphatic heterocycles. The van der Waals surface area contributed by atoms with Crippen molar-refractivity contribution < 1.29 is 18.3 Å². The Hall–Kier alpha value is -3.30. The van der Waals surface area contributed by atoms with Crippen molar-refractivity contribution in [3.63, 3.8) is 0 Å². The van der Waals surface area contributed by atoms with E-state index in [0.29, 0.717) is 42.8 Å². The lowest BCUT2D eigenvalue weighted by molar-refractivity contribution is 0.0740. The van der Waals surface area contributed by atoms with E-state index in [-0.39, 0.29) is 11.8 Å². The minimum Gasteiger partial charge on any atom is -0.471 e. The van der Waals surface area contributed by atoms with Crippen LogP contribution in [0.1, 0.15) is 16.2 Å². The fourth-order valence-electron chi connectivity index (χ4n) is 3.33. The largest absolute Gasteiger partial charge is 0.471 e. The highest BCUT2D eigenvalue weighted by molar-refractivity contribution is 5.92. The summed E-state index contributed by atoms with van der Waals surface area (Å²) in [4.78, 5) is 24.6. The van der Waals surface area contributed by atoms with Crippen LogP contribution in [-0.4, -0.2) is 70.2 Å². The minimum atomic E-state index is -2.58. The number of hydrogen-bond acceptors (Lipinski definition) is 6. The van der Waals surface area contributed by atoms with E-state index in [1.165, 1.54) is 6.33 Å². The molecule has 1 N–H and O–H groups in total. The molecule has 1 aromatic carbocycles. The average molecular weight is 402 g/mol. The van der Waals surface area contributed by atoms with Crippen molar-refractivity contribution in [2.24, 2.45) is 0 Å². The molecule has 29 heavy (non-hydrogen) atoms. The molecule has 0 unspecified atom stereocenters. The van der Waals surface area contributed by atoms with Crippen LogP contribution in [0.25, 0.3) is 10.9 Å². The number of aromatic amines is 1. The molecule has 1 aliphatic rings. The third-order valence-electron chi connectivity index (χ3n) is 4.79. The van der Waals surface area contributed by atoms with E-state index in [9.17, 15) is 13.6 Å². The summed E-state index contributed by atoms with van der Waals surface area (Å²) in [6, 6.07) is 7.30. The Bertz CT molecular complexity index is 1020. The number of aromatic nitrogens is 4. The van der Waals surface area contributed by atoms with Crippen molar-refractivity contribution in [1.29, 1.82) is 0 Å². The van der Waals surface area contributed by atoms with Crippen LogP contribution in [0.5, 0.6) is 5.88 Å². The number of nitrogens with one attached hydrogen (secondary N) is 1. The first-order chi connectivity index (χ1) is 14.0. The number of nitrogens with zero attached hydrogens (tertiary/aromatic N) is 5. The van der Waals surface area contributed by atoms with Crippen molar-refractivity contribution in [2.75, 3.05) is 37.7 Å². The highest BCUT2D eigenvalue weighted by Gasteiger charge is 2.24. The van der Waals surface area contributed by atoms with Crippen LogP contribution in [0.15, 0.2) is 30.6 Å². The summed E-state index contributed by atoms with van der Waals surface area (Å²) in [5.41, 5.74) is 2.78. The second-order valence-electron chi connectivity index (χ2n) is 6.80. The molecular formula is C19H20F2N6O2. The van der Waals surface area contributed by atoms with Crippen molar-refractivity contribution in [1.82, 2.24) is 25.1 Å². The second kappa shape index (κ2) is 7.98. The number of anilines is 1. The van der Waals surface area contributed by atoms with E-state index in [4.69, 9.17) is 4.74 Å². The van der Waals surface area contributed by atoms with E-state index < -0.39 is 13.0 Å². The number of hydrogen-bond donors (Lipinski definition) is 1. The zero-order valence-corrected chi connectivity index (χ0v) is 15.8. The van der Waals surface area contributed by atoms with Gasteiger partial charge in [-0.2, -0.15) is 5.10 Å². The number of H-pyrrole nitrogens is 1. The van der Waals surface area contributed by atoms with Gasteiger partial charge in [0.25, 0.3) is 12.3 Å². The first kappa shape index (κ1) is 19.0. The number of amides is 1. The highest BCUT2D eigenvalue weighted by atomic mass is 19.3. The molecule has 8 nitrogen and oxygen atoms in total. The first-order valence-corrected chi connectivity index (χ1v) is 9.23. The molecule has 4 rings (SSSR count). The lowest BCUT2D eigenvalue weighted by atomic mass is 10.2. The molecule has 0 bridgehead atoms. The molecule has 1 amide bonds. The summed E-state index contributed by atoms with van der Waals surface area (Å²) >= 11 is 0. The van der Waals surface area contributed by atoms with Gasteiger partial charge in [0.05, 0.1) is 10.9 Å². The summed E-state index contributed by atoms with van der Waals surface area (Å²) in [6.45, 7) is 3.53. The van der Waals surface area contributed by atoms with Gasteiger partial charge in [-0.3, -0.25) is 9.89 Å². The van der Waals surface area contributed by atoms with Crippen LogP contribution in [0.2, 0.25) is 0 Å². The van der Waals surface area contributed by atoms with Crippen LogP contribution in [-0.2, 0) is 0 Å². The number of halogens is 2. The predicted molar refractivity (Wildman–Crippen MR) is 102 cm³/mol. The Morgan fingerprint density at radius 3 is 2.69 bits per heavy atom. The van der Waals surface area contributed by atoms with Gasteiger partial charge in [-0.1, -0.05) is 0 Å². The van der Waals surface area contributed by atoms with E-state index in [2.05, 4.69) is 25.1 Å². The van der Waals surface area contributed by atoms with Gasteiger partial charge in [0, 0.05) is 37.6 Å². The zero-order valence-electron chi connectivity index (χ0n) is 15.8. The van der Waals surface area contributed by atoms with E-state index in [1.54, 1.807) is 11.0 Å². The van der Waals surface area contributed by atoms with E-state index in [1.807, 2.05) is 25.1 Å². The Kier molecular flexibility index (Phi) is 5.24. The summed E-state index contributed by atoms with van der Waals surface area (Å²) in [5, 5.41) is 7.39. The van der Waals surface area contributed by atoms with Gasteiger partial charge < -0.3 is 14.5 Å². The molecule has 3 aromatic rings. The molecule has 0 aliphatic carbocycles. The molecule has 0 spiro atoms. The molecule has 0 atom stereocenters. The summed E-state index contributed by atoms with van der Waals surface area (Å²) in [7, 11) is 0. The number of aryl methyl sites for hydroxylation is 1. The summed E-state index contributed by atoms with van der Waals surface area (Å²) < 4.78 is 30.1. The summed E-state index contributed by atoms with van der Waals surface area (Å²) in [5.74, 6) is 0.0449. The Labute approximate surface area is 165 Å². The van der Waals surface area contributed by atoms with Crippen LogP contribution >= 0.6 is 0 Å². The Balaban J connectivity index is 1.48. The molecule has 1 fully saturated rings. The van der Waals surface area contributed by atoms with Gasteiger partial charge in [-0.25, -0.2) is 18.7 Å². The fraction of sp³-hybridized carbons (Fsp3) is 0.368. The fourth-order valence-corrected chi connectivity index (χ4v) is 3.33. The Morgan fingerprint density at radius 1 is 1.21 bits per heavy atom. The molecule has 10 heteroatoms. The summed E-state index contributed by atoms with van der Waals surface area (Å²) in [6.07, 6.45) is -1.28. The molecule has 1 saturated heterocycles. The van der Waals surface area contributed by atoms with Gasteiger partial charge in [0.2, 0.25) is 5.88 Å². The second-order valence-corrected chi connectivity index (χ2v) is 6.80. The smallest absolute Gasteiger partial charge is 0.274 e. The maximum atomic E-state index is 12.5. The van der Waals surface area contributed by atoms with Crippen molar-refractivity contribution in [3.05, 3.63) is 42.0 Å². The zero-order chi connectivity index (χ0) is 20.4. The van der Waals surface area contributed by atoms with Crippen molar-refractivity contribution >= 4 is 22.5 Å². The third kappa shape index (κ3) is 4.10. The Morgan fingerprint density at radius 2 is 2.00 bits per heavy atom. The quantitative estimate of drug-likeness (QED) is 0.705. The van der Waals surface area contributed by atoms with Gasteiger partial charge in [0.1, 0.15) is 12.0 Å². The maximum Gasteiger partial charge on any atom is 0.274 e. The highest BCUT2D eigenvalue weighted by Crippen LogP contribution is 2.27. The first-order valence-electron chi connectivity index (χ1n) is 9.23. The molecule has 3 heterocycles. The van der Waals surface area contributed by atoms with Crippen LogP contribution in [0.4, 0.5) is 14.5 Å². The number of rotatable bonds is 5. The number of alkyl halides is 2. The van der Waals surface area contributed by atoms with Gasteiger partial charge in [0.15, 0.2) is 6.61 Å². The molecule has 2 aromatic heterocycles. The monoisotopic (exact) mass is 402 g/mol. The number of carbonyl (C=O) groups excluding carboxylic acids is 1. The lowest BCUT2D eigenvalue weighted by Gasteiger charge is -2.36. The molecule has 152 valence electrons. The van der Waals surface area contributed by atoms with Crippen molar-refractivity contribution in [2.45, 2.75) is 13.3 Å². The number of piperazine rings is 1. The predicted octanol–water partition coefficient (Wildman–Crippen LogP) is 2.27. The standard InChI is InChI=1S/C19H20F2N6O2/c1-12-8-16(25-24-12)19(28)27-6-4-26(5-7-27)13-2-3-15-14(9-13)18(23-11-22-15)29-10-17(20)21/h2-3,8-9,11,17H,4-7,10H2,1H3,(H,24,25). The third-order valence-corrected chi connectivity index (χ3v) is 4.79. The topological polar surface area (TPSA) is 87.2 Å². The number of fused-ring (bicyclic) bond motifs is 1. The number of benzene rings is 1. The lowest BCUT2D eigenvalue weighted by Crippen LogP contribution is -2.48. The van der Waals surface area contributed by atoms with Gasteiger partial charge in [-0.05, 0) is 31.2 Å². The normalized spacial score (nSPS) is 14.6. The van der Waals surface area contributed by atoms with Crippen LogP contribution < -0.4 is 9.64 Å². The van der Waals surface area contributed by atoms with Crippen molar-refractivity contribution in [3.8, 4) is 5.88 Å². The molecular weight excluding hydrogens is 382 g/mol. The SMILES string of the molecule is Cc1cc(C(=O)N2CCN(c3ccc4ncnc(OCC(F)F)c4c3)CC2)n[nH]1. The molecule has 0 saturated carbocycles.